The second-order valence-corrected chi connectivity index (χ2v) is 3.87. The van der Waals surface area contributed by atoms with Gasteiger partial charge in [0, 0.05) is 0 Å². The molecule has 3 nitrogen and oxygen atoms in total. The third-order valence-corrected chi connectivity index (χ3v) is 2.44. The van der Waals surface area contributed by atoms with Gasteiger partial charge in [-0.3, -0.25) is 0 Å². The Morgan fingerprint density at radius 1 is 1.05 bits per heavy atom. The van der Waals surface area contributed by atoms with E-state index < -0.39 is 29.7 Å². The normalized spacial score (nSPS) is 12.9. The van der Waals surface area contributed by atoms with Crippen molar-refractivity contribution in [1.29, 1.82) is 0 Å². The quantitative estimate of drug-likeness (QED) is 0.530. The summed E-state index contributed by atoms with van der Waals surface area (Å²) in [6.45, 7) is 3.38. The van der Waals surface area contributed by atoms with Gasteiger partial charge in [-0.05, 0) is 17.7 Å². The average Bonchev–Trinajstić information content (AvgIpc) is 2.35. The highest BCUT2D eigenvalue weighted by atomic mass is 19.4. The largest absolute Gasteiger partial charge is 0.437 e. The molecule has 1 N–H and O–H groups in total. The fourth-order valence-corrected chi connectivity index (χ4v) is 1.25. The van der Waals surface area contributed by atoms with Crippen LogP contribution in [0.15, 0.2) is 30.8 Å². The zero-order valence-corrected chi connectivity index (χ0v) is 10.1. The number of carbonyl (C=O) groups is 1. The first kappa shape index (κ1) is 17.0. The number of aliphatic hydroxyl groups is 1. The molecule has 0 saturated heterocycles. The van der Waals surface area contributed by atoms with E-state index in [1.165, 1.54) is 18.2 Å². The molecule has 0 spiro atoms. The molecule has 0 atom stereocenters. The van der Waals surface area contributed by atoms with E-state index in [2.05, 4.69) is 11.3 Å². The molecule has 1 aromatic rings. The lowest BCUT2D eigenvalue weighted by Crippen LogP contribution is -2.63. The molecule has 0 amide bonds. The molecule has 0 unspecified atom stereocenters. The van der Waals surface area contributed by atoms with E-state index in [1.807, 2.05) is 0 Å². The summed E-state index contributed by atoms with van der Waals surface area (Å²) in [4.78, 5) is 11.1. The molecule has 0 aliphatic heterocycles. The van der Waals surface area contributed by atoms with Crippen molar-refractivity contribution in [3.05, 3.63) is 36.4 Å². The van der Waals surface area contributed by atoms with Gasteiger partial charge in [-0.25, -0.2) is 4.79 Å². The summed E-state index contributed by atoms with van der Waals surface area (Å²) in [7, 11) is 0. The number of benzene rings is 1. The Kier molecular flexibility index (Phi) is 4.37. The molecule has 0 aliphatic rings. The number of alkyl halides is 6. The number of esters is 1. The molecule has 116 valence electrons. The summed E-state index contributed by atoms with van der Waals surface area (Å²) >= 11 is 0. The van der Waals surface area contributed by atoms with Crippen LogP contribution in [0.2, 0.25) is 0 Å². The highest BCUT2D eigenvalue weighted by Gasteiger charge is 2.76. The summed E-state index contributed by atoms with van der Waals surface area (Å²) in [5, 5.41) is 8.77. The molecule has 9 heteroatoms. The fourth-order valence-electron chi connectivity index (χ4n) is 1.25. The van der Waals surface area contributed by atoms with Crippen LogP contribution in [0.4, 0.5) is 26.3 Å². The van der Waals surface area contributed by atoms with Gasteiger partial charge in [-0.15, -0.1) is 0 Å². The lowest BCUT2D eigenvalue weighted by atomic mass is 10.0. The number of ether oxygens (including phenoxy) is 1. The highest BCUT2D eigenvalue weighted by molar-refractivity contribution is 5.83. The molecule has 0 radical (unpaired) electrons. The minimum absolute atomic E-state index is 0.497. The molecule has 1 rings (SSSR count). The minimum Gasteiger partial charge on any atom is -0.424 e. The number of rotatable bonds is 3. The Bertz CT molecular complexity index is 515. The number of hydrogen-bond acceptors (Lipinski definition) is 3. The first-order valence-electron chi connectivity index (χ1n) is 5.24. The molecular weight excluding hydrogens is 306 g/mol. The van der Waals surface area contributed by atoms with Crippen LogP contribution in [0.5, 0.6) is 5.75 Å². The maximum Gasteiger partial charge on any atom is 0.437 e. The van der Waals surface area contributed by atoms with Gasteiger partial charge >= 0.3 is 23.9 Å². The van der Waals surface area contributed by atoms with Gasteiger partial charge in [0.2, 0.25) is 0 Å². The molecule has 0 fully saturated rings. The van der Waals surface area contributed by atoms with E-state index in [0.29, 0.717) is 5.56 Å². The second-order valence-electron chi connectivity index (χ2n) is 3.87. The average molecular weight is 314 g/mol. The maximum atomic E-state index is 12.4. The van der Waals surface area contributed by atoms with Crippen molar-refractivity contribution in [2.24, 2.45) is 0 Å². The monoisotopic (exact) mass is 314 g/mol. The minimum atomic E-state index is -6.27. The summed E-state index contributed by atoms with van der Waals surface area (Å²) in [6, 6.07) is 4.41. The molecule has 0 bridgehead atoms. The van der Waals surface area contributed by atoms with E-state index in [9.17, 15) is 31.1 Å². The lowest BCUT2D eigenvalue weighted by molar-refractivity contribution is -0.354. The van der Waals surface area contributed by atoms with Crippen LogP contribution >= 0.6 is 0 Å². The molecule has 1 aromatic carbocycles. The first-order valence-corrected chi connectivity index (χ1v) is 5.24. The molecule has 0 heterocycles. The smallest absolute Gasteiger partial charge is 0.424 e. The Morgan fingerprint density at radius 2 is 1.48 bits per heavy atom. The zero-order valence-electron chi connectivity index (χ0n) is 10.1. The molecular formula is C12H8F6O3. The third kappa shape index (κ3) is 3.18. The highest BCUT2D eigenvalue weighted by Crippen LogP contribution is 2.43. The SMILES string of the molecule is C=Cc1ccc(OC(=O)C(O)(C(F)(F)F)C(F)(F)F)cc1. The van der Waals surface area contributed by atoms with Gasteiger partial charge in [0.1, 0.15) is 5.75 Å². The summed E-state index contributed by atoms with van der Waals surface area (Å²) in [5.41, 5.74) is -5.10. The maximum absolute atomic E-state index is 12.4. The first-order chi connectivity index (χ1) is 9.43. The third-order valence-electron chi connectivity index (χ3n) is 2.44. The van der Waals surface area contributed by atoms with Crippen molar-refractivity contribution < 1.29 is 41.0 Å². The molecule has 21 heavy (non-hydrogen) atoms. The van der Waals surface area contributed by atoms with Crippen molar-refractivity contribution in [2.75, 3.05) is 0 Å². The van der Waals surface area contributed by atoms with Crippen LogP contribution in [-0.4, -0.2) is 29.0 Å². The number of carbonyl (C=O) groups excluding carboxylic acids is 1. The van der Waals surface area contributed by atoms with Gasteiger partial charge in [0.25, 0.3) is 0 Å². The van der Waals surface area contributed by atoms with Crippen LogP contribution < -0.4 is 4.74 Å². The lowest BCUT2D eigenvalue weighted by Gasteiger charge is -2.29. The number of halogens is 6. The topological polar surface area (TPSA) is 46.5 Å². The van der Waals surface area contributed by atoms with Crippen LogP contribution in [0.1, 0.15) is 5.56 Å². The van der Waals surface area contributed by atoms with E-state index in [4.69, 9.17) is 5.11 Å². The van der Waals surface area contributed by atoms with Crippen LogP contribution in [0.25, 0.3) is 6.08 Å². The Hall–Kier alpha value is -2.03. The fraction of sp³-hybridized carbons (Fsp3) is 0.250. The van der Waals surface area contributed by atoms with Gasteiger partial charge < -0.3 is 9.84 Å². The van der Waals surface area contributed by atoms with Crippen LogP contribution in [0, 0.1) is 0 Å². The van der Waals surface area contributed by atoms with Crippen LogP contribution in [0.3, 0.4) is 0 Å². The summed E-state index contributed by atoms with van der Waals surface area (Å²) in [5.74, 6) is -3.47. The Labute approximate surface area is 114 Å². The zero-order chi connectivity index (χ0) is 16.5. The van der Waals surface area contributed by atoms with Crippen LogP contribution in [-0.2, 0) is 4.79 Å². The van der Waals surface area contributed by atoms with Gasteiger partial charge in [0.15, 0.2) is 0 Å². The molecule has 0 aliphatic carbocycles. The summed E-state index contributed by atoms with van der Waals surface area (Å²) < 4.78 is 78.3. The molecule has 0 saturated carbocycles. The van der Waals surface area contributed by atoms with E-state index in [1.54, 1.807) is 0 Å². The summed E-state index contributed by atoms with van der Waals surface area (Å²) in [6.07, 6.45) is -11.2. The Balaban J connectivity index is 3.10. The predicted octanol–water partition coefficient (Wildman–Crippen LogP) is 3.09. The second kappa shape index (κ2) is 5.40. The van der Waals surface area contributed by atoms with E-state index in [0.717, 1.165) is 12.1 Å². The van der Waals surface area contributed by atoms with E-state index in [-0.39, 0.29) is 0 Å². The van der Waals surface area contributed by atoms with Crippen molar-refractivity contribution in [1.82, 2.24) is 0 Å². The molecule has 0 aromatic heterocycles. The number of hydrogen-bond donors (Lipinski definition) is 1. The Morgan fingerprint density at radius 3 is 1.81 bits per heavy atom. The van der Waals surface area contributed by atoms with Crippen molar-refractivity contribution in [2.45, 2.75) is 18.0 Å². The standard InChI is InChI=1S/C12H8F6O3/c1-2-7-3-5-8(6-4-7)21-9(19)10(20,11(13,14)15)12(16,17)18/h2-6,20H,1H2. The van der Waals surface area contributed by atoms with E-state index >= 15 is 0 Å². The van der Waals surface area contributed by atoms with Gasteiger partial charge in [-0.2, -0.15) is 26.3 Å². The van der Waals surface area contributed by atoms with Gasteiger partial charge in [-0.1, -0.05) is 24.8 Å². The van der Waals surface area contributed by atoms with Gasteiger partial charge in [0.05, 0.1) is 0 Å². The predicted molar refractivity (Wildman–Crippen MR) is 59.2 cm³/mol. The van der Waals surface area contributed by atoms with Crippen molar-refractivity contribution in [3.63, 3.8) is 0 Å². The van der Waals surface area contributed by atoms with Crippen molar-refractivity contribution >= 4 is 12.0 Å². The van der Waals surface area contributed by atoms with Crippen molar-refractivity contribution in [3.8, 4) is 5.75 Å².